The lowest BCUT2D eigenvalue weighted by Gasteiger charge is -2.18. The summed E-state index contributed by atoms with van der Waals surface area (Å²) in [5, 5.41) is 5.49. The molecule has 2 aliphatic rings. The maximum absolute atomic E-state index is 3.73. The van der Waals surface area contributed by atoms with Crippen LogP contribution < -0.4 is 5.32 Å². The van der Waals surface area contributed by atoms with E-state index in [-0.39, 0.29) is 0 Å². The van der Waals surface area contributed by atoms with Crippen molar-refractivity contribution < 1.29 is 0 Å². The Kier molecular flexibility index (Phi) is 3.87. The minimum atomic E-state index is 0.797. The SMILES string of the molecule is CC1SCCC1NCC1CCCS1. The highest BCUT2D eigenvalue weighted by Crippen LogP contribution is 2.28. The molecule has 0 saturated carbocycles. The molecule has 1 nitrogen and oxygen atoms in total. The summed E-state index contributed by atoms with van der Waals surface area (Å²) in [6.45, 7) is 3.61. The van der Waals surface area contributed by atoms with E-state index in [0.29, 0.717) is 0 Å². The molecule has 2 rings (SSSR count). The van der Waals surface area contributed by atoms with Gasteiger partial charge in [-0.3, -0.25) is 0 Å². The predicted molar refractivity (Wildman–Crippen MR) is 63.8 cm³/mol. The Labute approximate surface area is 89.8 Å². The Morgan fingerprint density at radius 1 is 1.23 bits per heavy atom. The normalized spacial score (nSPS) is 39.9. The maximum Gasteiger partial charge on any atom is 0.0192 e. The molecule has 3 atom stereocenters. The van der Waals surface area contributed by atoms with E-state index in [1.54, 1.807) is 0 Å². The van der Waals surface area contributed by atoms with Crippen molar-refractivity contribution in [2.24, 2.45) is 0 Å². The molecule has 3 heteroatoms. The molecule has 0 aromatic rings. The van der Waals surface area contributed by atoms with Crippen molar-refractivity contribution in [3.8, 4) is 0 Å². The van der Waals surface area contributed by atoms with Crippen LogP contribution in [0, 0.1) is 0 Å². The first kappa shape index (κ1) is 10.2. The second kappa shape index (κ2) is 4.94. The Balaban J connectivity index is 1.66. The van der Waals surface area contributed by atoms with Crippen molar-refractivity contribution in [2.45, 2.75) is 42.7 Å². The zero-order valence-corrected chi connectivity index (χ0v) is 9.92. The third-order valence-electron chi connectivity index (χ3n) is 3.01. The van der Waals surface area contributed by atoms with Gasteiger partial charge < -0.3 is 5.32 Å². The van der Waals surface area contributed by atoms with E-state index >= 15 is 0 Å². The third kappa shape index (κ3) is 2.80. The van der Waals surface area contributed by atoms with Crippen LogP contribution in [0.3, 0.4) is 0 Å². The first-order valence-corrected chi connectivity index (χ1v) is 7.42. The number of hydrogen-bond donors (Lipinski definition) is 1. The van der Waals surface area contributed by atoms with E-state index in [1.807, 2.05) is 0 Å². The van der Waals surface area contributed by atoms with E-state index in [9.17, 15) is 0 Å². The Morgan fingerprint density at radius 3 is 2.77 bits per heavy atom. The average Bonchev–Trinajstić information content (AvgIpc) is 2.72. The molecule has 0 radical (unpaired) electrons. The van der Waals surface area contributed by atoms with Gasteiger partial charge in [0.25, 0.3) is 0 Å². The Hall–Kier alpha value is 0.660. The van der Waals surface area contributed by atoms with Gasteiger partial charge in [-0.25, -0.2) is 0 Å². The van der Waals surface area contributed by atoms with Crippen LogP contribution in [-0.2, 0) is 0 Å². The summed E-state index contributed by atoms with van der Waals surface area (Å²) in [5.74, 6) is 2.75. The summed E-state index contributed by atoms with van der Waals surface area (Å²) >= 11 is 4.28. The molecule has 0 aromatic carbocycles. The standard InChI is InChI=1S/C10H19NS2/c1-8-10(4-6-12-8)11-7-9-3-2-5-13-9/h8-11H,2-7H2,1H3. The Morgan fingerprint density at radius 2 is 2.15 bits per heavy atom. The van der Waals surface area contributed by atoms with Crippen LogP contribution in [0.2, 0.25) is 0 Å². The molecule has 1 N–H and O–H groups in total. The van der Waals surface area contributed by atoms with Crippen molar-refractivity contribution in [1.29, 1.82) is 0 Å². The van der Waals surface area contributed by atoms with Gasteiger partial charge >= 0.3 is 0 Å². The monoisotopic (exact) mass is 217 g/mol. The molecule has 0 aliphatic carbocycles. The summed E-state index contributed by atoms with van der Waals surface area (Å²) in [5.41, 5.74) is 0. The molecule has 2 heterocycles. The van der Waals surface area contributed by atoms with Gasteiger partial charge in [-0.15, -0.1) is 0 Å². The smallest absolute Gasteiger partial charge is 0.0192 e. The van der Waals surface area contributed by atoms with Crippen molar-refractivity contribution in [2.75, 3.05) is 18.1 Å². The zero-order valence-electron chi connectivity index (χ0n) is 8.29. The molecule has 2 saturated heterocycles. The minimum Gasteiger partial charge on any atom is -0.312 e. The van der Waals surface area contributed by atoms with E-state index in [4.69, 9.17) is 0 Å². The third-order valence-corrected chi connectivity index (χ3v) is 5.73. The highest BCUT2D eigenvalue weighted by Gasteiger charge is 2.24. The van der Waals surface area contributed by atoms with E-state index < -0.39 is 0 Å². The quantitative estimate of drug-likeness (QED) is 0.779. The molecule has 0 spiro atoms. The second-order valence-electron chi connectivity index (χ2n) is 4.01. The van der Waals surface area contributed by atoms with Gasteiger partial charge in [-0.2, -0.15) is 23.5 Å². The molecular weight excluding hydrogens is 198 g/mol. The molecule has 76 valence electrons. The highest BCUT2D eigenvalue weighted by atomic mass is 32.2. The molecule has 0 amide bonds. The van der Waals surface area contributed by atoms with Crippen molar-refractivity contribution in [1.82, 2.24) is 5.32 Å². The van der Waals surface area contributed by atoms with Crippen molar-refractivity contribution in [3.05, 3.63) is 0 Å². The van der Waals surface area contributed by atoms with E-state index in [2.05, 4.69) is 35.8 Å². The van der Waals surface area contributed by atoms with Crippen LogP contribution in [0.1, 0.15) is 26.2 Å². The lowest BCUT2D eigenvalue weighted by molar-refractivity contribution is 0.507. The molecule has 2 aliphatic heterocycles. The summed E-state index contributed by atoms with van der Waals surface area (Å²) < 4.78 is 0. The first-order valence-electron chi connectivity index (χ1n) is 5.33. The highest BCUT2D eigenvalue weighted by molar-refractivity contribution is 8.00. The fraction of sp³-hybridized carbons (Fsp3) is 1.00. The van der Waals surface area contributed by atoms with Crippen LogP contribution in [0.25, 0.3) is 0 Å². The summed E-state index contributed by atoms with van der Waals surface area (Å²) in [6.07, 6.45) is 4.25. The number of rotatable bonds is 3. The topological polar surface area (TPSA) is 12.0 Å². The van der Waals surface area contributed by atoms with Crippen LogP contribution >= 0.6 is 23.5 Å². The molecule has 2 fully saturated rings. The van der Waals surface area contributed by atoms with Crippen molar-refractivity contribution >= 4 is 23.5 Å². The van der Waals surface area contributed by atoms with Crippen LogP contribution in [0.5, 0.6) is 0 Å². The van der Waals surface area contributed by atoms with Gasteiger partial charge in [-0.05, 0) is 30.8 Å². The largest absolute Gasteiger partial charge is 0.312 e. The average molecular weight is 217 g/mol. The predicted octanol–water partition coefficient (Wildman–Crippen LogP) is 2.37. The molecule has 0 aromatic heterocycles. The molecule has 0 bridgehead atoms. The van der Waals surface area contributed by atoms with E-state index in [0.717, 1.165) is 16.5 Å². The Bertz CT molecular complexity index is 157. The van der Waals surface area contributed by atoms with Crippen LogP contribution in [-0.4, -0.2) is 34.6 Å². The number of thioether (sulfide) groups is 2. The molecular formula is C10H19NS2. The van der Waals surface area contributed by atoms with Gasteiger partial charge in [-0.1, -0.05) is 6.92 Å². The first-order chi connectivity index (χ1) is 6.36. The minimum absolute atomic E-state index is 0.797. The fourth-order valence-electron chi connectivity index (χ4n) is 2.09. The fourth-order valence-corrected chi connectivity index (χ4v) is 4.53. The van der Waals surface area contributed by atoms with Crippen LogP contribution in [0.15, 0.2) is 0 Å². The molecule has 13 heavy (non-hydrogen) atoms. The van der Waals surface area contributed by atoms with Gasteiger partial charge in [0.15, 0.2) is 0 Å². The molecule has 3 unspecified atom stereocenters. The van der Waals surface area contributed by atoms with Crippen LogP contribution in [0.4, 0.5) is 0 Å². The van der Waals surface area contributed by atoms with Gasteiger partial charge in [0.2, 0.25) is 0 Å². The van der Waals surface area contributed by atoms with Crippen molar-refractivity contribution in [3.63, 3.8) is 0 Å². The second-order valence-corrected chi connectivity index (χ2v) is 6.91. The maximum atomic E-state index is 3.73. The number of hydrogen-bond acceptors (Lipinski definition) is 3. The van der Waals surface area contributed by atoms with E-state index in [1.165, 1.54) is 37.3 Å². The van der Waals surface area contributed by atoms with Gasteiger partial charge in [0, 0.05) is 23.1 Å². The summed E-state index contributed by atoms with van der Waals surface area (Å²) in [4.78, 5) is 0. The van der Waals surface area contributed by atoms with Gasteiger partial charge in [0.1, 0.15) is 0 Å². The lowest BCUT2D eigenvalue weighted by atomic mass is 10.1. The summed E-state index contributed by atoms with van der Waals surface area (Å²) in [6, 6.07) is 0.797. The summed E-state index contributed by atoms with van der Waals surface area (Å²) in [7, 11) is 0. The zero-order chi connectivity index (χ0) is 9.10. The number of nitrogens with one attached hydrogen (secondary N) is 1. The van der Waals surface area contributed by atoms with Gasteiger partial charge in [0.05, 0.1) is 0 Å². The lowest BCUT2D eigenvalue weighted by Crippen LogP contribution is -2.37.